The van der Waals surface area contributed by atoms with Crippen LogP contribution in [0.15, 0.2) is 65.6 Å². The minimum atomic E-state index is -3.44. The van der Waals surface area contributed by atoms with Crippen LogP contribution in [0.2, 0.25) is 0 Å². The third-order valence-electron chi connectivity index (χ3n) is 5.36. The van der Waals surface area contributed by atoms with Gasteiger partial charge in [-0.15, -0.1) is 0 Å². The maximum absolute atomic E-state index is 13.6. The van der Waals surface area contributed by atoms with Gasteiger partial charge in [-0.1, -0.05) is 48.5 Å². The molecule has 0 aliphatic heterocycles. The van der Waals surface area contributed by atoms with Gasteiger partial charge in [-0.2, -0.15) is 0 Å². The van der Waals surface area contributed by atoms with E-state index in [-0.39, 0.29) is 0 Å². The number of nitrogens with zero attached hydrogens (tertiary/aromatic N) is 1. The smallest absolute Gasteiger partial charge is 0.188 e. The summed E-state index contributed by atoms with van der Waals surface area (Å²) in [6.07, 6.45) is 3.12. The van der Waals surface area contributed by atoms with E-state index in [2.05, 4.69) is 19.0 Å². The summed E-state index contributed by atoms with van der Waals surface area (Å²) >= 11 is 0. The van der Waals surface area contributed by atoms with Gasteiger partial charge < -0.3 is 4.90 Å². The minimum Gasteiger partial charge on any atom is -0.306 e. The van der Waals surface area contributed by atoms with Gasteiger partial charge in [0.25, 0.3) is 0 Å². The first kappa shape index (κ1) is 17.2. The summed E-state index contributed by atoms with van der Waals surface area (Å²) in [5.41, 5.74) is 0.922. The Morgan fingerprint density at radius 2 is 1.38 bits per heavy atom. The Morgan fingerprint density at radius 3 is 1.88 bits per heavy atom. The normalized spacial score (nSPS) is 24.9. The molecule has 0 N–H and O–H groups in total. The Kier molecular flexibility index (Phi) is 4.79. The van der Waals surface area contributed by atoms with E-state index in [1.807, 2.05) is 36.4 Å². The highest BCUT2D eigenvalue weighted by molar-refractivity contribution is 7.92. The molecule has 0 aromatic heterocycles. The molecule has 1 fully saturated rings. The first-order valence-corrected chi connectivity index (χ1v) is 9.97. The lowest BCUT2D eigenvalue weighted by Gasteiger charge is -2.41. The monoisotopic (exact) mass is 343 g/mol. The number of benzene rings is 2. The van der Waals surface area contributed by atoms with Crippen LogP contribution in [0.25, 0.3) is 0 Å². The molecule has 128 valence electrons. The Morgan fingerprint density at radius 1 is 0.875 bits per heavy atom. The molecular weight excluding hydrogens is 318 g/mol. The van der Waals surface area contributed by atoms with Crippen LogP contribution < -0.4 is 0 Å². The van der Waals surface area contributed by atoms with Crippen molar-refractivity contribution in [3.05, 3.63) is 66.2 Å². The van der Waals surface area contributed by atoms with Gasteiger partial charge in [0.2, 0.25) is 0 Å². The van der Waals surface area contributed by atoms with Gasteiger partial charge in [0.05, 0.1) is 4.90 Å². The van der Waals surface area contributed by atoms with Gasteiger partial charge in [-0.3, -0.25) is 0 Å². The number of rotatable bonds is 4. The predicted octanol–water partition coefficient (Wildman–Crippen LogP) is 3.86. The molecule has 1 aliphatic rings. The summed E-state index contributed by atoms with van der Waals surface area (Å²) in [6.45, 7) is 0. The van der Waals surface area contributed by atoms with E-state index in [1.165, 1.54) is 0 Å². The SMILES string of the molecule is CN(C)C1CCC(c2ccccc2)(S(=O)(=O)c2ccccc2)CC1. The van der Waals surface area contributed by atoms with Gasteiger partial charge in [-0.25, -0.2) is 8.42 Å². The Bertz CT molecular complexity index is 762. The van der Waals surface area contributed by atoms with Crippen molar-refractivity contribution in [3.8, 4) is 0 Å². The first-order valence-electron chi connectivity index (χ1n) is 8.49. The van der Waals surface area contributed by atoms with E-state index in [0.717, 1.165) is 18.4 Å². The standard InChI is InChI=1S/C20H25NO2S/c1-21(2)18-13-15-20(16-14-18,17-9-5-3-6-10-17)24(22,23)19-11-7-4-8-12-19/h3-12,18H,13-16H2,1-2H3. The molecule has 24 heavy (non-hydrogen) atoms. The van der Waals surface area contributed by atoms with Crippen LogP contribution in [0.3, 0.4) is 0 Å². The number of sulfone groups is 1. The fraction of sp³-hybridized carbons (Fsp3) is 0.400. The summed E-state index contributed by atoms with van der Waals surface area (Å²) in [5, 5.41) is 0. The van der Waals surface area contributed by atoms with Crippen molar-refractivity contribution in [2.24, 2.45) is 0 Å². The van der Waals surface area contributed by atoms with Crippen LogP contribution in [-0.2, 0) is 14.6 Å². The quantitative estimate of drug-likeness (QED) is 0.846. The van der Waals surface area contributed by atoms with Crippen molar-refractivity contribution in [1.82, 2.24) is 4.90 Å². The molecule has 4 heteroatoms. The lowest BCUT2D eigenvalue weighted by atomic mass is 9.80. The molecule has 0 saturated heterocycles. The zero-order valence-corrected chi connectivity index (χ0v) is 15.2. The van der Waals surface area contributed by atoms with Crippen molar-refractivity contribution in [2.45, 2.75) is 41.4 Å². The van der Waals surface area contributed by atoms with Gasteiger partial charge in [0.15, 0.2) is 9.84 Å². The molecule has 3 nitrogen and oxygen atoms in total. The predicted molar refractivity (Wildman–Crippen MR) is 97.7 cm³/mol. The van der Waals surface area contributed by atoms with Crippen molar-refractivity contribution in [3.63, 3.8) is 0 Å². The van der Waals surface area contributed by atoms with Gasteiger partial charge in [0.1, 0.15) is 4.75 Å². The van der Waals surface area contributed by atoms with Crippen LogP contribution in [0, 0.1) is 0 Å². The third kappa shape index (κ3) is 2.89. The van der Waals surface area contributed by atoms with Gasteiger partial charge >= 0.3 is 0 Å². The average Bonchev–Trinajstić information content (AvgIpc) is 2.63. The molecule has 0 unspecified atom stereocenters. The Hall–Kier alpha value is -1.65. The Labute approximate surface area is 145 Å². The van der Waals surface area contributed by atoms with Crippen LogP contribution in [0.1, 0.15) is 31.2 Å². The van der Waals surface area contributed by atoms with Crippen LogP contribution >= 0.6 is 0 Å². The largest absolute Gasteiger partial charge is 0.306 e. The van der Waals surface area contributed by atoms with Gasteiger partial charge in [-0.05, 0) is 57.5 Å². The molecule has 2 aromatic carbocycles. The summed E-state index contributed by atoms with van der Waals surface area (Å²) in [4.78, 5) is 2.64. The zero-order valence-electron chi connectivity index (χ0n) is 14.4. The number of hydrogen-bond acceptors (Lipinski definition) is 3. The molecule has 2 aromatic rings. The highest BCUT2D eigenvalue weighted by Gasteiger charge is 2.48. The minimum absolute atomic E-state index is 0.428. The van der Waals surface area contributed by atoms with Gasteiger partial charge in [0, 0.05) is 6.04 Å². The van der Waals surface area contributed by atoms with E-state index in [4.69, 9.17) is 0 Å². The summed E-state index contributed by atoms with van der Waals surface area (Å²) in [7, 11) is 0.706. The van der Waals surface area contributed by atoms with Crippen molar-refractivity contribution >= 4 is 9.84 Å². The lowest BCUT2D eigenvalue weighted by molar-refractivity contribution is 0.202. The molecular formula is C20H25NO2S. The second-order valence-electron chi connectivity index (χ2n) is 6.87. The molecule has 0 spiro atoms. The van der Waals surface area contributed by atoms with Crippen molar-refractivity contribution < 1.29 is 8.42 Å². The van der Waals surface area contributed by atoms with E-state index >= 15 is 0 Å². The average molecular weight is 343 g/mol. The van der Waals surface area contributed by atoms with Crippen LogP contribution in [-0.4, -0.2) is 33.5 Å². The third-order valence-corrected chi connectivity index (χ3v) is 7.93. The highest BCUT2D eigenvalue weighted by Crippen LogP contribution is 2.47. The van der Waals surface area contributed by atoms with E-state index in [9.17, 15) is 8.42 Å². The second-order valence-corrected chi connectivity index (χ2v) is 9.13. The summed E-state index contributed by atoms with van der Waals surface area (Å²) in [6, 6.07) is 19.1. The van der Waals surface area contributed by atoms with E-state index < -0.39 is 14.6 Å². The highest BCUT2D eigenvalue weighted by atomic mass is 32.2. The van der Waals surface area contributed by atoms with Crippen molar-refractivity contribution in [2.75, 3.05) is 14.1 Å². The number of hydrogen-bond donors (Lipinski definition) is 0. The fourth-order valence-electron chi connectivity index (χ4n) is 3.86. The first-order chi connectivity index (χ1) is 11.5. The second kappa shape index (κ2) is 6.69. The molecule has 3 rings (SSSR count). The van der Waals surface area contributed by atoms with Crippen LogP contribution in [0.5, 0.6) is 0 Å². The van der Waals surface area contributed by atoms with E-state index in [0.29, 0.717) is 23.8 Å². The molecule has 0 heterocycles. The van der Waals surface area contributed by atoms with Crippen LogP contribution in [0.4, 0.5) is 0 Å². The fourth-order valence-corrected chi connectivity index (χ4v) is 6.05. The summed E-state index contributed by atoms with van der Waals surface area (Å²) < 4.78 is 26.3. The van der Waals surface area contributed by atoms with Crippen molar-refractivity contribution in [1.29, 1.82) is 0 Å². The molecule has 1 aliphatic carbocycles. The maximum atomic E-state index is 13.6. The zero-order chi connectivity index (χ0) is 17.2. The Balaban J connectivity index is 2.08. The topological polar surface area (TPSA) is 37.4 Å². The molecule has 0 amide bonds. The maximum Gasteiger partial charge on any atom is 0.188 e. The van der Waals surface area contributed by atoms with E-state index in [1.54, 1.807) is 24.3 Å². The molecule has 0 bridgehead atoms. The summed E-state index contributed by atoms with van der Waals surface area (Å²) in [5.74, 6) is 0. The molecule has 0 atom stereocenters. The molecule has 1 saturated carbocycles. The lowest BCUT2D eigenvalue weighted by Crippen LogP contribution is -2.44. The molecule has 0 radical (unpaired) electrons.